The van der Waals surface area contributed by atoms with Gasteiger partial charge in [0.05, 0.1) is 17.2 Å². The lowest BCUT2D eigenvalue weighted by Crippen LogP contribution is -2.17. The summed E-state index contributed by atoms with van der Waals surface area (Å²) in [6.45, 7) is 4.28. The van der Waals surface area contributed by atoms with Gasteiger partial charge in [-0.3, -0.25) is 0 Å². The zero-order valence-corrected chi connectivity index (χ0v) is 11.3. The van der Waals surface area contributed by atoms with Crippen molar-refractivity contribution in [3.05, 3.63) is 35.5 Å². The third kappa shape index (κ3) is 3.21. The van der Waals surface area contributed by atoms with Crippen LogP contribution in [0.15, 0.2) is 22.6 Å². The number of alkyl halides is 3. The minimum atomic E-state index is -4.78. The predicted octanol–water partition coefficient (Wildman–Crippen LogP) is 3.57. The molecule has 0 aliphatic heterocycles. The van der Waals surface area contributed by atoms with Gasteiger partial charge in [0.2, 0.25) is 5.89 Å². The van der Waals surface area contributed by atoms with Crippen molar-refractivity contribution in [1.82, 2.24) is 15.5 Å². The third-order valence-electron chi connectivity index (χ3n) is 2.86. The Labute approximate surface area is 118 Å². The molecule has 2 rings (SSSR count). The lowest BCUT2D eigenvalue weighted by molar-refractivity contribution is -0.139. The Morgan fingerprint density at radius 1 is 1.29 bits per heavy atom. The molecule has 1 aromatic heterocycles. The molecular formula is C13H13F4N3O. The summed E-state index contributed by atoms with van der Waals surface area (Å²) in [7, 11) is 0. The number of benzene rings is 1. The van der Waals surface area contributed by atoms with E-state index in [0.717, 1.165) is 6.07 Å². The van der Waals surface area contributed by atoms with Gasteiger partial charge in [0.1, 0.15) is 5.82 Å². The quantitative estimate of drug-likeness (QED) is 0.877. The van der Waals surface area contributed by atoms with Crippen LogP contribution in [0.25, 0.3) is 11.5 Å². The molecule has 2 aromatic rings. The monoisotopic (exact) mass is 303 g/mol. The predicted molar refractivity (Wildman–Crippen MR) is 66.8 cm³/mol. The van der Waals surface area contributed by atoms with Crippen LogP contribution in [0.5, 0.6) is 0 Å². The molecule has 0 aliphatic carbocycles. The Hall–Kier alpha value is -1.96. The third-order valence-corrected chi connectivity index (χ3v) is 2.86. The smallest absolute Gasteiger partial charge is 0.419 e. The maximum absolute atomic E-state index is 13.9. The largest absolute Gasteiger partial charge is 0.419 e. The van der Waals surface area contributed by atoms with E-state index in [1.807, 2.05) is 6.92 Å². The molecule has 21 heavy (non-hydrogen) atoms. The molecule has 0 fully saturated rings. The van der Waals surface area contributed by atoms with Crippen LogP contribution >= 0.6 is 0 Å². The molecular weight excluding hydrogens is 290 g/mol. The van der Waals surface area contributed by atoms with Crippen molar-refractivity contribution in [2.75, 3.05) is 6.54 Å². The van der Waals surface area contributed by atoms with Crippen molar-refractivity contribution < 1.29 is 22.0 Å². The Kier molecular flexibility index (Phi) is 4.26. The number of hydrogen-bond acceptors (Lipinski definition) is 4. The van der Waals surface area contributed by atoms with Gasteiger partial charge in [0.15, 0.2) is 0 Å². The van der Waals surface area contributed by atoms with Gasteiger partial charge in [-0.05, 0) is 25.6 Å². The number of halogens is 4. The van der Waals surface area contributed by atoms with Crippen molar-refractivity contribution in [3.8, 4) is 11.5 Å². The highest BCUT2D eigenvalue weighted by atomic mass is 19.4. The van der Waals surface area contributed by atoms with Crippen LogP contribution in [0, 0.1) is 5.82 Å². The Bertz CT molecular complexity index is 624. The number of nitrogens with zero attached hydrogens (tertiary/aromatic N) is 2. The van der Waals surface area contributed by atoms with Crippen molar-refractivity contribution in [2.24, 2.45) is 0 Å². The number of hydrogen-bond donors (Lipinski definition) is 1. The second-order valence-electron chi connectivity index (χ2n) is 4.39. The van der Waals surface area contributed by atoms with E-state index in [9.17, 15) is 17.6 Å². The summed E-state index contributed by atoms with van der Waals surface area (Å²) in [4.78, 5) is 0. The molecule has 8 heteroatoms. The van der Waals surface area contributed by atoms with E-state index in [-0.39, 0.29) is 23.4 Å². The van der Waals surface area contributed by atoms with Gasteiger partial charge in [0.25, 0.3) is 5.89 Å². The molecule has 0 radical (unpaired) electrons. The summed E-state index contributed by atoms with van der Waals surface area (Å²) >= 11 is 0. The first-order chi connectivity index (χ1) is 9.84. The van der Waals surface area contributed by atoms with E-state index in [0.29, 0.717) is 12.6 Å². The van der Waals surface area contributed by atoms with Crippen molar-refractivity contribution in [3.63, 3.8) is 0 Å². The highest BCUT2D eigenvalue weighted by molar-refractivity contribution is 5.55. The molecule has 0 bridgehead atoms. The SMILES string of the molecule is CCNC(C)c1nnc(-c2cccc(C(F)(F)F)c2F)o1. The summed E-state index contributed by atoms with van der Waals surface area (Å²) in [6, 6.07) is 2.65. The summed E-state index contributed by atoms with van der Waals surface area (Å²) in [5.74, 6) is -1.52. The second-order valence-corrected chi connectivity index (χ2v) is 4.39. The fourth-order valence-electron chi connectivity index (χ4n) is 1.83. The summed E-state index contributed by atoms with van der Waals surface area (Å²) < 4.78 is 57.2. The molecule has 0 saturated carbocycles. The lowest BCUT2D eigenvalue weighted by atomic mass is 10.1. The highest BCUT2D eigenvalue weighted by Crippen LogP contribution is 2.35. The van der Waals surface area contributed by atoms with Crippen LogP contribution in [0.2, 0.25) is 0 Å². The van der Waals surface area contributed by atoms with Gasteiger partial charge >= 0.3 is 6.18 Å². The van der Waals surface area contributed by atoms with Crippen molar-refractivity contribution in [1.29, 1.82) is 0 Å². The van der Waals surface area contributed by atoms with E-state index in [4.69, 9.17) is 4.42 Å². The van der Waals surface area contributed by atoms with E-state index < -0.39 is 17.6 Å². The first-order valence-corrected chi connectivity index (χ1v) is 6.27. The Morgan fingerprint density at radius 2 is 2.00 bits per heavy atom. The normalized spacial score (nSPS) is 13.4. The van der Waals surface area contributed by atoms with Gasteiger partial charge < -0.3 is 9.73 Å². The molecule has 0 aliphatic rings. The average Bonchev–Trinajstić information content (AvgIpc) is 2.87. The molecule has 1 N–H and O–H groups in total. The van der Waals surface area contributed by atoms with Crippen LogP contribution in [-0.2, 0) is 6.18 Å². The van der Waals surface area contributed by atoms with Crippen LogP contribution in [-0.4, -0.2) is 16.7 Å². The lowest BCUT2D eigenvalue weighted by Gasteiger charge is -2.09. The molecule has 1 heterocycles. The average molecular weight is 303 g/mol. The van der Waals surface area contributed by atoms with Gasteiger partial charge in [0, 0.05) is 0 Å². The molecule has 0 amide bonds. The van der Waals surface area contributed by atoms with Gasteiger partial charge in [-0.2, -0.15) is 13.2 Å². The minimum absolute atomic E-state index is 0.184. The standard InChI is InChI=1S/C13H13F4N3O/c1-3-18-7(2)11-19-20-12(21-11)8-5-4-6-9(10(8)14)13(15,16)17/h4-7,18H,3H2,1-2H3. The molecule has 0 saturated heterocycles. The maximum Gasteiger partial charge on any atom is 0.419 e. The van der Waals surface area contributed by atoms with Crippen LogP contribution in [0.3, 0.4) is 0 Å². The first-order valence-electron chi connectivity index (χ1n) is 6.27. The topological polar surface area (TPSA) is 51.0 Å². The summed E-state index contributed by atoms with van der Waals surface area (Å²) in [6.07, 6.45) is -4.78. The Balaban J connectivity index is 2.39. The van der Waals surface area contributed by atoms with Crippen LogP contribution in [0.1, 0.15) is 31.3 Å². The number of rotatable bonds is 4. The molecule has 1 atom stereocenters. The first kappa shape index (κ1) is 15.4. The zero-order chi connectivity index (χ0) is 15.6. The van der Waals surface area contributed by atoms with E-state index in [1.54, 1.807) is 6.92 Å². The zero-order valence-electron chi connectivity index (χ0n) is 11.3. The second kappa shape index (κ2) is 5.80. The molecule has 4 nitrogen and oxygen atoms in total. The molecule has 1 unspecified atom stereocenters. The van der Waals surface area contributed by atoms with Crippen LogP contribution in [0.4, 0.5) is 17.6 Å². The minimum Gasteiger partial charge on any atom is -0.419 e. The fourth-order valence-corrected chi connectivity index (χ4v) is 1.83. The van der Waals surface area contributed by atoms with E-state index >= 15 is 0 Å². The fraction of sp³-hybridized carbons (Fsp3) is 0.385. The summed E-state index contributed by atoms with van der Waals surface area (Å²) in [5, 5.41) is 10.3. The molecule has 1 aromatic carbocycles. The number of nitrogens with one attached hydrogen (secondary N) is 1. The van der Waals surface area contributed by atoms with Crippen molar-refractivity contribution >= 4 is 0 Å². The highest BCUT2D eigenvalue weighted by Gasteiger charge is 2.35. The van der Waals surface area contributed by atoms with Gasteiger partial charge in [-0.15, -0.1) is 10.2 Å². The molecule has 114 valence electrons. The maximum atomic E-state index is 13.9. The van der Waals surface area contributed by atoms with Crippen LogP contribution < -0.4 is 5.32 Å². The Morgan fingerprint density at radius 3 is 2.62 bits per heavy atom. The van der Waals surface area contributed by atoms with Crippen molar-refractivity contribution in [2.45, 2.75) is 26.1 Å². The number of aromatic nitrogens is 2. The van der Waals surface area contributed by atoms with Gasteiger partial charge in [-0.25, -0.2) is 4.39 Å². The van der Waals surface area contributed by atoms with E-state index in [1.165, 1.54) is 6.07 Å². The molecule has 0 spiro atoms. The summed E-state index contributed by atoms with van der Waals surface area (Å²) in [5.41, 5.74) is -1.73. The van der Waals surface area contributed by atoms with E-state index in [2.05, 4.69) is 15.5 Å². The van der Waals surface area contributed by atoms with Gasteiger partial charge in [-0.1, -0.05) is 13.0 Å².